The summed E-state index contributed by atoms with van der Waals surface area (Å²) in [6.45, 7) is 7.04. The number of nitrogens with one attached hydrogen (secondary N) is 1. The molecule has 0 radical (unpaired) electrons. The van der Waals surface area contributed by atoms with Crippen LogP contribution in [-0.4, -0.2) is 45.1 Å². The van der Waals surface area contributed by atoms with E-state index in [0.29, 0.717) is 0 Å². The molecule has 0 aliphatic carbocycles. The molecule has 15 heavy (non-hydrogen) atoms. The lowest BCUT2D eigenvalue weighted by molar-refractivity contribution is -0.139. The molecule has 1 atom stereocenters. The second-order valence-corrected chi connectivity index (χ2v) is 4.82. The van der Waals surface area contributed by atoms with Crippen LogP contribution in [0.5, 0.6) is 0 Å². The van der Waals surface area contributed by atoms with E-state index < -0.39 is 23.2 Å². The molecule has 0 aromatic rings. The Hall–Kier alpha value is -0.650. The predicted molar refractivity (Wildman–Crippen MR) is 56.6 cm³/mol. The highest BCUT2D eigenvalue weighted by atomic mass is 16.4. The molecule has 0 saturated heterocycles. The van der Waals surface area contributed by atoms with Crippen molar-refractivity contribution in [3.05, 3.63) is 0 Å². The lowest BCUT2D eigenvalue weighted by atomic mass is 9.86. The van der Waals surface area contributed by atoms with Crippen LogP contribution in [0.4, 0.5) is 0 Å². The minimum Gasteiger partial charge on any atom is -0.481 e. The first kappa shape index (κ1) is 14.3. The summed E-state index contributed by atoms with van der Waals surface area (Å²) in [6.07, 6.45) is -1.24. The molecule has 0 heterocycles. The van der Waals surface area contributed by atoms with Crippen LogP contribution in [0.15, 0.2) is 0 Å². The third kappa shape index (κ3) is 5.11. The van der Waals surface area contributed by atoms with Crippen LogP contribution in [0, 0.1) is 0 Å². The number of carboxylic acids is 1. The highest BCUT2D eigenvalue weighted by Crippen LogP contribution is 2.20. The Bertz CT molecular complexity index is 220. The van der Waals surface area contributed by atoms with E-state index in [1.807, 2.05) is 0 Å². The third-order valence-electron chi connectivity index (χ3n) is 2.72. The molecular formula is C10H21NO4. The van der Waals surface area contributed by atoms with Gasteiger partial charge < -0.3 is 20.6 Å². The van der Waals surface area contributed by atoms with Crippen molar-refractivity contribution in [2.75, 3.05) is 6.54 Å². The molecule has 1 unspecified atom stereocenters. The van der Waals surface area contributed by atoms with Crippen LogP contribution >= 0.6 is 0 Å². The fourth-order valence-corrected chi connectivity index (χ4v) is 0.863. The summed E-state index contributed by atoms with van der Waals surface area (Å²) in [5.74, 6) is -1.04. The van der Waals surface area contributed by atoms with Crippen molar-refractivity contribution in [3.8, 4) is 0 Å². The maximum absolute atomic E-state index is 10.3. The summed E-state index contributed by atoms with van der Waals surface area (Å²) < 4.78 is 0. The predicted octanol–water partition coefficient (Wildman–Crippen LogP) is -0.0389. The van der Waals surface area contributed by atoms with Crippen molar-refractivity contribution in [3.63, 3.8) is 0 Å². The van der Waals surface area contributed by atoms with Gasteiger partial charge in [-0.3, -0.25) is 4.79 Å². The van der Waals surface area contributed by atoms with Gasteiger partial charge in [0.15, 0.2) is 0 Å². The third-order valence-corrected chi connectivity index (χ3v) is 2.72. The van der Waals surface area contributed by atoms with Gasteiger partial charge in [-0.1, -0.05) is 0 Å². The maximum Gasteiger partial charge on any atom is 0.306 e. The van der Waals surface area contributed by atoms with Gasteiger partial charge in [0.25, 0.3) is 0 Å². The van der Waals surface area contributed by atoms with Gasteiger partial charge in [-0.2, -0.15) is 0 Å². The van der Waals surface area contributed by atoms with Crippen LogP contribution in [-0.2, 0) is 4.79 Å². The molecule has 0 aromatic heterocycles. The first-order chi connectivity index (χ1) is 6.56. The smallest absolute Gasteiger partial charge is 0.306 e. The standard InChI is InChI=1S/C10H21NO4/c1-9(2,10(3,4)15)11-6-7(12)5-8(13)14/h7,11-12,15H,5-6H2,1-4H3,(H,13,14). The van der Waals surface area contributed by atoms with Gasteiger partial charge in [0, 0.05) is 12.1 Å². The number of hydrogen-bond acceptors (Lipinski definition) is 4. The summed E-state index contributed by atoms with van der Waals surface area (Å²) in [7, 11) is 0. The van der Waals surface area contributed by atoms with Crippen molar-refractivity contribution >= 4 is 5.97 Å². The lowest BCUT2D eigenvalue weighted by Gasteiger charge is -2.38. The number of aliphatic hydroxyl groups excluding tert-OH is 1. The highest BCUT2D eigenvalue weighted by Gasteiger charge is 2.34. The summed E-state index contributed by atoms with van der Waals surface area (Å²) in [6, 6.07) is 0. The van der Waals surface area contributed by atoms with Crippen LogP contribution in [0.3, 0.4) is 0 Å². The Morgan fingerprint density at radius 1 is 1.33 bits per heavy atom. The zero-order valence-corrected chi connectivity index (χ0v) is 9.74. The first-order valence-electron chi connectivity index (χ1n) is 4.93. The normalized spacial score (nSPS) is 15.1. The zero-order chi connectivity index (χ0) is 12.3. The second-order valence-electron chi connectivity index (χ2n) is 4.82. The summed E-state index contributed by atoms with van der Waals surface area (Å²) in [5.41, 5.74) is -1.54. The molecule has 0 fully saturated rings. The van der Waals surface area contributed by atoms with Gasteiger partial charge in [0.2, 0.25) is 0 Å². The van der Waals surface area contributed by atoms with E-state index in [0.717, 1.165) is 0 Å². The topological polar surface area (TPSA) is 89.8 Å². The molecule has 5 heteroatoms. The van der Waals surface area contributed by atoms with Gasteiger partial charge >= 0.3 is 5.97 Å². The van der Waals surface area contributed by atoms with Gasteiger partial charge in [-0.05, 0) is 27.7 Å². The molecular weight excluding hydrogens is 198 g/mol. The summed E-state index contributed by atoms with van der Waals surface area (Å²) in [4.78, 5) is 10.3. The molecule has 0 aliphatic rings. The molecule has 0 rings (SSSR count). The Kier molecular flexibility index (Phi) is 4.70. The monoisotopic (exact) mass is 219 g/mol. The Morgan fingerprint density at radius 2 is 1.80 bits per heavy atom. The van der Waals surface area contributed by atoms with E-state index >= 15 is 0 Å². The molecule has 4 N–H and O–H groups in total. The average Bonchev–Trinajstić information content (AvgIpc) is 1.97. The summed E-state index contributed by atoms with van der Waals surface area (Å²) in [5, 5.41) is 30.5. The fraction of sp³-hybridized carbons (Fsp3) is 0.900. The SMILES string of the molecule is CC(C)(O)C(C)(C)NCC(O)CC(=O)O. The number of β-amino-alcohol motifs (C(OH)–C–C–N with tert-alkyl or cyclic N) is 1. The number of aliphatic hydroxyl groups is 2. The van der Waals surface area contributed by atoms with E-state index in [2.05, 4.69) is 5.32 Å². The molecule has 0 spiro atoms. The fourth-order valence-electron chi connectivity index (χ4n) is 0.863. The molecule has 0 aliphatic heterocycles. The Balaban J connectivity index is 4.10. The number of aliphatic carboxylic acids is 1. The largest absolute Gasteiger partial charge is 0.481 e. The van der Waals surface area contributed by atoms with Crippen molar-refractivity contribution in [1.29, 1.82) is 0 Å². The van der Waals surface area contributed by atoms with Gasteiger partial charge in [0.1, 0.15) is 0 Å². The van der Waals surface area contributed by atoms with E-state index in [-0.39, 0.29) is 13.0 Å². The lowest BCUT2D eigenvalue weighted by Crippen LogP contribution is -2.57. The Morgan fingerprint density at radius 3 is 2.13 bits per heavy atom. The second kappa shape index (κ2) is 4.92. The minimum atomic E-state index is -1.04. The number of rotatable bonds is 6. The van der Waals surface area contributed by atoms with E-state index in [1.54, 1.807) is 27.7 Å². The number of carboxylic acid groups (broad SMARTS) is 1. The van der Waals surface area contributed by atoms with E-state index in [9.17, 15) is 15.0 Å². The molecule has 0 amide bonds. The quantitative estimate of drug-likeness (QED) is 0.503. The van der Waals surface area contributed by atoms with Crippen LogP contribution < -0.4 is 5.32 Å². The first-order valence-corrected chi connectivity index (χ1v) is 4.93. The molecule has 0 bridgehead atoms. The van der Waals surface area contributed by atoms with Crippen molar-refractivity contribution in [2.45, 2.75) is 51.4 Å². The molecule has 0 aromatic carbocycles. The van der Waals surface area contributed by atoms with Crippen molar-refractivity contribution in [1.82, 2.24) is 5.32 Å². The maximum atomic E-state index is 10.3. The van der Waals surface area contributed by atoms with Gasteiger partial charge in [-0.15, -0.1) is 0 Å². The van der Waals surface area contributed by atoms with E-state index in [1.165, 1.54) is 0 Å². The number of carbonyl (C=O) groups is 1. The molecule has 0 saturated carbocycles. The van der Waals surface area contributed by atoms with Crippen LogP contribution in [0.2, 0.25) is 0 Å². The number of hydrogen-bond donors (Lipinski definition) is 4. The van der Waals surface area contributed by atoms with Crippen LogP contribution in [0.25, 0.3) is 0 Å². The Labute approximate surface area is 90.1 Å². The molecule has 5 nitrogen and oxygen atoms in total. The van der Waals surface area contributed by atoms with Gasteiger partial charge in [0.05, 0.1) is 18.1 Å². The zero-order valence-electron chi connectivity index (χ0n) is 9.74. The van der Waals surface area contributed by atoms with Crippen molar-refractivity contribution < 1.29 is 20.1 Å². The highest BCUT2D eigenvalue weighted by molar-refractivity contribution is 5.67. The summed E-state index contributed by atoms with van der Waals surface area (Å²) >= 11 is 0. The van der Waals surface area contributed by atoms with Crippen LogP contribution in [0.1, 0.15) is 34.1 Å². The van der Waals surface area contributed by atoms with Crippen molar-refractivity contribution in [2.24, 2.45) is 0 Å². The minimum absolute atomic E-state index is 0.142. The molecule has 90 valence electrons. The van der Waals surface area contributed by atoms with Gasteiger partial charge in [-0.25, -0.2) is 0 Å². The van der Waals surface area contributed by atoms with E-state index in [4.69, 9.17) is 5.11 Å². The average molecular weight is 219 g/mol.